The number of aryl methyl sites for hydroxylation is 1. The molecule has 0 bridgehead atoms. The van der Waals surface area contributed by atoms with Crippen LogP contribution in [0.2, 0.25) is 0 Å². The van der Waals surface area contributed by atoms with Crippen molar-refractivity contribution in [3.63, 3.8) is 0 Å². The number of hydrogen-bond acceptors (Lipinski definition) is 4. The van der Waals surface area contributed by atoms with Crippen molar-refractivity contribution in [3.8, 4) is 0 Å². The highest BCUT2D eigenvalue weighted by Crippen LogP contribution is 2.25. The molecule has 0 spiro atoms. The molecule has 4 rings (SSSR count). The number of likely N-dealkylation sites (tertiary alicyclic amines) is 1. The minimum Gasteiger partial charge on any atom is -0.345 e. The Bertz CT molecular complexity index is 967. The first-order valence-electron chi connectivity index (χ1n) is 10.2. The first kappa shape index (κ1) is 19.4. The van der Waals surface area contributed by atoms with Crippen LogP contribution in [0.5, 0.6) is 0 Å². The van der Waals surface area contributed by atoms with Gasteiger partial charge in [0, 0.05) is 39.2 Å². The number of nitrogens with zero attached hydrogens (tertiary/aromatic N) is 5. The number of carbonyl (C=O) groups is 2. The smallest absolute Gasteiger partial charge is 0.345 e. The number of aromatic nitrogens is 3. The zero-order valence-electron chi connectivity index (χ0n) is 17.0. The molecule has 2 aliphatic rings. The molecule has 3 heterocycles. The molecule has 8 heteroatoms. The van der Waals surface area contributed by atoms with E-state index >= 15 is 0 Å². The molecule has 8 nitrogen and oxygen atoms in total. The third kappa shape index (κ3) is 3.71. The molecule has 154 valence electrons. The van der Waals surface area contributed by atoms with Gasteiger partial charge in [0.05, 0.1) is 6.54 Å². The van der Waals surface area contributed by atoms with E-state index in [-0.39, 0.29) is 17.5 Å². The average Bonchev–Trinajstić information content (AvgIpc) is 3.36. The molecule has 29 heavy (non-hydrogen) atoms. The maximum absolute atomic E-state index is 13.0. The fourth-order valence-electron chi connectivity index (χ4n) is 4.20. The molecule has 0 radical (unpaired) electrons. The monoisotopic (exact) mass is 397 g/mol. The summed E-state index contributed by atoms with van der Waals surface area (Å²) in [5.74, 6) is 0.685. The molecule has 0 saturated carbocycles. The van der Waals surface area contributed by atoms with Crippen LogP contribution in [-0.4, -0.2) is 63.1 Å². The molecular formula is C21H27N5O3. The van der Waals surface area contributed by atoms with Crippen molar-refractivity contribution in [1.29, 1.82) is 0 Å². The molecule has 1 atom stereocenters. The lowest BCUT2D eigenvalue weighted by molar-refractivity contribution is -0.134. The van der Waals surface area contributed by atoms with Gasteiger partial charge in [0.25, 0.3) is 5.91 Å². The van der Waals surface area contributed by atoms with Crippen LogP contribution >= 0.6 is 0 Å². The van der Waals surface area contributed by atoms with Gasteiger partial charge in [0.15, 0.2) is 0 Å². The number of fused-ring (bicyclic) bond motifs is 1. The zero-order chi connectivity index (χ0) is 20.5. The van der Waals surface area contributed by atoms with E-state index in [1.54, 1.807) is 30.8 Å². The van der Waals surface area contributed by atoms with Crippen molar-refractivity contribution in [2.75, 3.05) is 27.2 Å². The number of rotatable bonds is 4. The summed E-state index contributed by atoms with van der Waals surface area (Å²) < 4.78 is 3.04. The quantitative estimate of drug-likeness (QED) is 0.779. The Morgan fingerprint density at radius 3 is 2.45 bits per heavy atom. The van der Waals surface area contributed by atoms with Crippen LogP contribution in [0.15, 0.2) is 29.1 Å². The van der Waals surface area contributed by atoms with E-state index in [1.807, 2.05) is 17.0 Å². The second-order valence-electron chi connectivity index (χ2n) is 8.06. The topological polar surface area (TPSA) is 80.4 Å². The summed E-state index contributed by atoms with van der Waals surface area (Å²) in [5, 5.41) is 4.51. The third-order valence-electron chi connectivity index (χ3n) is 5.77. The van der Waals surface area contributed by atoms with Crippen LogP contribution < -0.4 is 5.69 Å². The summed E-state index contributed by atoms with van der Waals surface area (Å²) in [6.07, 6.45) is 4.33. The molecule has 0 aliphatic carbocycles. The lowest BCUT2D eigenvalue weighted by Gasteiger charge is -2.27. The van der Waals surface area contributed by atoms with Gasteiger partial charge < -0.3 is 9.80 Å². The predicted octanol–water partition coefficient (Wildman–Crippen LogP) is 1.29. The summed E-state index contributed by atoms with van der Waals surface area (Å²) in [7, 11) is 3.43. The maximum atomic E-state index is 13.0. The highest BCUT2D eigenvalue weighted by molar-refractivity contribution is 5.93. The van der Waals surface area contributed by atoms with Crippen molar-refractivity contribution in [2.45, 2.75) is 44.7 Å². The molecule has 1 aromatic carbocycles. The Morgan fingerprint density at radius 2 is 1.79 bits per heavy atom. The van der Waals surface area contributed by atoms with Crippen molar-refractivity contribution >= 4 is 11.8 Å². The second kappa shape index (κ2) is 7.85. The Labute approximate surface area is 169 Å². The number of hydrogen-bond donors (Lipinski definition) is 0. The fraction of sp³-hybridized carbons (Fsp3) is 0.524. The van der Waals surface area contributed by atoms with Crippen LogP contribution in [0, 0.1) is 0 Å². The van der Waals surface area contributed by atoms with Gasteiger partial charge in [-0.25, -0.2) is 9.48 Å². The van der Waals surface area contributed by atoms with Crippen molar-refractivity contribution in [1.82, 2.24) is 24.1 Å². The summed E-state index contributed by atoms with van der Waals surface area (Å²) in [5.41, 5.74) is 1.26. The average molecular weight is 397 g/mol. The number of carbonyl (C=O) groups excluding carboxylic acids is 2. The Hall–Kier alpha value is -2.90. The van der Waals surface area contributed by atoms with Crippen molar-refractivity contribution < 1.29 is 9.59 Å². The SMILES string of the molecule is CN(C)C(=O)c1ccc(Cn2nc3n(c2=O)[C@@H](C(=O)N2CCCC2)CCC3)cc1. The van der Waals surface area contributed by atoms with E-state index in [0.717, 1.165) is 37.9 Å². The summed E-state index contributed by atoms with van der Waals surface area (Å²) in [6, 6.07) is 6.78. The number of amides is 2. The van der Waals surface area contributed by atoms with Gasteiger partial charge in [-0.15, -0.1) is 0 Å². The van der Waals surface area contributed by atoms with Gasteiger partial charge in [-0.2, -0.15) is 5.10 Å². The van der Waals surface area contributed by atoms with Gasteiger partial charge in [-0.05, 0) is 43.4 Å². The molecule has 2 aliphatic heterocycles. The Balaban J connectivity index is 1.57. The number of benzene rings is 1. The van der Waals surface area contributed by atoms with Crippen LogP contribution in [0.4, 0.5) is 0 Å². The van der Waals surface area contributed by atoms with Gasteiger partial charge in [-0.3, -0.25) is 14.2 Å². The van der Waals surface area contributed by atoms with Gasteiger partial charge in [0.1, 0.15) is 11.9 Å². The summed E-state index contributed by atoms with van der Waals surface area (Å²) >= 11 is 0. The first-order valence-corrected chi connectivity index (χ1v) is 10.2. The molecule has 1 saturated heterocycles. The highest BCUT2D eigenvalue weighted by atomic mass is 16.2. The van der Waals surface area contributed by atoms with E-state index in [1.165, 1.54) is 9.58 Å². The molecule has 1 aromatic heterocycles. The lowest BCUT2D eigenvalue weighted by atomic mass is 10.0. The van der Waals surface area contributed by atoms with Gasteiger partial charge in [-0.1, -0.05) is 12.1 Å². The standard InChI is InChI=1S/C21H27N5O3/c1-23(2)19(27)16-10-8-15(9-11-16)14-25-21(29)26-17(6-5-7-18(26)22-25)20(28)24-12-3-4-13-24/h8-11,17H,3-7,12-14H2,1-2H3/t17-/m1/s1. The van der Waals surface area contributed by atoms with Crippen LogP contribution in [0.25, 0.3) is 0 Å². The van der Waals surface area contributed by atoms with Gasteiger partial charge >= 0.3 is 5.69 Å². The highest BCUT2D eigenvalue weighted by Gasteiger charge is 2.34. The van der Waals surface area contributed by atoms with Crippen molar-refractivity contribution in [2.24, 2.45) is 0 Å². The first-order chi connectivity index (χ1) is 14.0. The largest absolute Gasteiger partial charge is 0.346 e. The van der Waals surface area contributed by atoms with E-state index < -0.39 is 6.04 Å². The second-order valence-corrected chi connectivity index (χ2v) is 8.06. The molecule has 2 aromatic rings. The molecule has 2 amide bonds. The molecule has 0 N–H and O–H groups in total. The van der Waals surface area contributed by atoms with Gasteiger partial charge in [0.2, 0.25) is 5.91 Å². The van der Waals surface area contributed by atoms with Crippen LogP contribution in [0.3, 0.4) is 0 Å². The Kier molecular flexibility index (Phi) is 5.25. The minimum absolute atomic E-state index is 0.0525. The van der Waals surface area contributed by atoms with E-state index in [9.17, 15) is 14.4 Å². The summed E-state index contributed by atoms with van der Waals surface area (Å²) in [4.78, 5) is 41.4. The predicted molar refractivity (Wildman–Crippen MR) is 108 cm³/mol. The van der Waals surface area contributed by atoms with Crippen LogP contribution in [-0.2, 0) is 17.8 Å². The van der Waals surface area contributed by atoms with E-state index in [0.29, 0.717) is 30.8 Å². The fourth-order valence-corrected chi connectivity index (χ4v) is 4.20. The van der Waals surface area contributed by atoms with Crippen molar-refractivity contribution in [3.05, 3.63) is 51.7 Å². The lowest BCUT2D eigenvalue weighted by Crippen LogP contribution is -2.41. The molecule has 1 fully saturated rings. The normalized spacial score (nSPS) is 18.6. The molecular weight excluding hydrogens is 370 g/mol. The Morgan fingerprint density at radius 1 is 1.10 bits per heavy atom. The maximum Gasteiger partial charge on any atom is 0.346 e. The minimum atomic E-state index is -0.432. The van der Waals surface area contributed by atoms with E-state index in [2.05, 4.69) is 5.10 Å². The van der Waals surface area contributed by atoms with E-state index in [4.69, 9.17) is 0 Å². The van der Waals surface area contributed by atoms with Crippen LogP contribution in [0.1, 0.15) is 53.5 Å². The summed E-state index contributed by atoms with van der Waals surface area (Å²) in [6.45, 7) is 1.89. The zero-order valence-corrected chi connectivity index (χ0v) is 17.0. The third-order valence-corrected chi connectivity index (χ3v) is 5.77. The molecule has 0 unspecified atom stereocenters.